The van der Waals surface area contributed by atoms with Gasteiger partial charge in [0.15, 0.2) is 0 Å². The van der Waals surface area contributed by atoms with Crippen LogP contribution in [-0.4, -0.2) is 50.2 Å². The second-order valence-electron chi connectivity index (χ2n) is 6.93. The predicted octanol–water partition coefficient (Wildman–Crippen LogP) is 3.65. The molecule has 1 aromatic carbocycles. The Balaban J connectivity index is 1.46. The molecule has 28 heavy (non-hydrogen) atoms. The van der Waals surface area contributed by atoms with Crippen LogP contribution in [-0.2, 0) is 13.6 Å². The van der Waals surface area contributed by atoms with Crippen molar-refractivity contribution in [1.29, 1.82) is 0 Å². The molecule has 146 valence electrons. The Labute approximate surface area is 173 Å². The van der Waals surface area contributed by atoms with E-state index in [9.17, 15) is 4.79 Å². The smallest absolute Gasteiger partial charge is 0.275 e. The van der Waals surface area contributed by atoms with Crippen LogP contribution < -0.4 is 5.32 Å². The maximum Gasteiger partial charge on any atom is 0.275 e. The van der Waals surface area contributed by atoms with Crippen LogP contribution in [0, 0.1) is 6.92 Å². The summed E-state index contributed by atoms with van der Waals surface area (Å²) in [7, 11) is 1.86. The van der Waals surface area contributed by atoms with E-state index in [0.29, 0.717) is 5.69 Å². The summed E-state index contributed by atoms with van der Waals surface area (Å²) in [5, 5.41) is 9.79. The first-order chi connectivity index (χ1) is 13.6. The van der Waals surface area contributed by atoms with E-state index in [1.807, 2.05) is 31.9 Å². The van der Waals surface area contributed by atoms with Crippen molar-refractivity contribution in [2.75, 3.05) is 29.9 Å². The molecule has 0 radical (unpaired) electrons. The van der Waals surface area contributed by atoms with E-state index in [0.717, 1.165) is 41.5 Å². The van der Waals surface area contributed by atoms with Gasteiger partial charge in [-0.15, -0.1) is 11.3 Å². The van der Waals surface area contributed by atoms with E-state index in [1.165, 1.54) is 28.4 Å². The maximum atomic E-state index is 12.7. The molecule has 1 N–H and O–H groups in total. The molecule has 0 spiro atoms. The normalized spacial score (nSPS) is 14.9. The van der Waals surface area contributed by atoms with Crippen molar-refractivity contribution in [2.24, 2.45) is 7.05 Å². The number of aryl methyl sites for hydroxylation is 2. The third kappa shape index (κ3) is 4.45. The van der Waals surface area contributed by atoms with Gasteiger partial charge in [-0.1, -0.05) is 12.1 Å². The molecule has 4 rings (SSSR count). The van der Waals surface area contributed by atoms with Gasteiger partial charge in [0.1, 0.15) is 10.7 Å². The first-order valence-electron chi connectivity index (χ1n) is 9.24. The maximum absolute atomic E-state index is 12.7. The quantitative estimate of drug-likeness (QED) is 0.692. The Morgan fingerprint density at radius 3 is 2.86 bits per heavy atom. The molecule has 1 fully saturated rings. The van der Waals surface area contributed by atoms with Crippen LogP contribution in [0.2, 0.25) is 0 Å². The van der Waals surface area contributed by atoms with Crippen molar-refractivity contribution < 1.29 is 4.79 Å². The monoisotopic (exact) mass is 413 g/mol. The number of amides is 1. The van der Waals surface area contributed by atoms with E-state index in [1.54, 1.807) is 16.3 Å². The number of benzene rings is 1. The fourth-order valence-electron chi connectivity index (χ4n) is 3.15. The molecule has 6 nitrogen and oxygen atoms in total. The largest absolute Gasteiger partial charge is 0.320 e. The van der Waals surface area contributed by atoms with Gasteiger partial charge in [-0.25, -0.2) is 4.98 Å². The first-order valence-corrected chi connectivity index (χ1v) is 11.3. The highest BCUT2D eigenvalue weighted by atomic mass is 32.2. The topological polar surface area (TPSA) is 63.1 Å². The van der Waals surface area contributed by atoms with Crippen molar-refractivity contribution in [3.05, 3.63) is 52.8 Å². The SMILES string of the molecule is Cc1ccc(CN2CCSCC2)cc1NC(=O)c1csc(-c2cnn(C)c2)n1. The summed E-state index contributed by atoms with van der Waals surface area (Å²) in [6.45, 7) is 5.18. The van der Waals surface area contributed by atoms with Gasteiger partial charge in [-0.3, -0.25) is 14.4 Å². The van der Waals surface area contributed by atoms with Crippen molar-refractivity contribution in [3.8, 4) is 10.6 Å². The molecule has 3 aromatic rings. The van der Waals surface area contributed by atoms with E-state index in [2.05, 4.69) is 38.5 Å². The van der Waals surface area contributed by atoms with E-state index in [4.69, 9.17) is 0 Å². The number of hydrogen-bond acceptors (Lipinski definition) is 6. The number of carbonyl (C=O) groups is 1. The number of nitrogens with one attached hydrogen (secondary N) is 1. The Kier molecular flexibility index (Phi) is 5.79. The molecule has 1 amide bonds. The second kappa shape index (κ2) is 8.46. The van der Waals surface area contributed by atoms with Crippen LogP contribution in [0.15, 0.2) is 36.0 Å². The summed E-state index contributed by atoms with van der Waals surface area (Å²) in [6, 6.07) is 6.31. The third-order valence-corrected chi connectivity index (χ3v) is 6.58. The molecule has 2 aromatic heterocycles. The third-order valence-electron chi connectivity index (χ3n) is 4.75. The van der Waals surface area contributed by atoms with E-state index < -0.39 is 0 Å². The number of hydrogen-bond donors (Lipinski definition) is 1. The van der Waals surface area contributed by atoms with Crippen LogP contribution in [0.25, 0.3) is 10.6 Å². The molecule has 0 saturated carbocycles. The number of aromatic nitrogens is 3. The molecule has 0 aliphatic carbocycles. The highest BCUT2D eigenvalue weighted by Gasteiger charge is 2.15. The molecule has 0 atom stereocenters. The minimum absolute atomic E-state index is 0.180. The van der Waals surface area contributed by atoms with Gasteiger partial charge in [0.05, 0.1) is 6.20 Å². The molecule has 1 saturated heterocycles. The molecule has 1 aliphatic rings. The Morgan fingerprint density at radius 2 is 2.11 bits per heavy atom. The van der Waals surface area contributed by atoms with Crippen LogP contribution in [0.1, 0.15) is 21.6 Å². The number of anilines is 1. The average Bonchev–Trinajstić information content (AvgIpc) is 3.34. The zero-order chi connectivity index (χ0) is 19.5. The molecular weight excluding hydrogens is 390 g/mol. The lowest BCUT2D eigenvalue weighted by atomic mass is 10.1. The first kappa shape index (κ1) is 19.2. The van der Waals surface area contributed by atoms with Gasteiger partial charge in [0.25, 0.3) is 5.91 Å². The lowest BCUT2D eigenvalue weighted by Gasteiger charge is -2.26. The van der Waals surface area contributed by atoms with Gasteiger partial charge in [0, 0.05) is 61.0 Å². The van der Waals surface area contributed by atoms with Crippen LogP contribution in [0.4, 0.5) is 5.69 Å². The standard InChI is InChI=1S/C20H23N5OS2/c1-14-3-4-15(11-25-5-7-27-8-6-25)9-17(14)22-19(26)18-13-28-20(23-18)16-10-21-24(2)12-16/h3-4,9-10,12-13H,5-8,11H2,1-2H3,(H,22,26). The molecular formula is C20H23N5OS2. The average molecular weight is 414 g/mol. The van der Waals surface area contributed by atoms with Crippen LogP contribution in [0.5, 0.6) is 0 Å². The van der Waals surface area contributed by atoms with Gasteiger partial charge in [-0.05, 0) is 24.1 Å². The minimum Gasteiger partial charge on any atom is -0.320 e. The Hall–Kier alpha value is -2.16. The number of thiazole rings is 1. The Morgan fingerprint density at radius 1 is 1.29 bits per heavy atom. The molecule has 0 bridgehead atoms. The van der Waals surface area contributed by atoms with E-state index >= 15 is 0 Å². The Bertz CT molecular complexity index is 975. The van der Waals surface area contributed by atoms with E-state index in [-0.39, 0.29) is 5.91 Å². The van der Waals surface area contributed by atoms with Gasteiger partial charge in [-0.2, -0.15) is 16.9 Å². The zero-order valence-electron chi connectivity index (χ0n) is 16.0. The molecule has 1 aliphatic heterocycles. The summed E-state index contributed by atoms with van der Waals surface area (Å²) in [5.74, 6) is 2.21. The number of rotatable bonds is 5. The summed E-state index contributed by atoms with van der Waals surface area (Å²) in [4.78, 5) is 19.7. The van der Waals surface area contributed by atoms with Gasteiger partial charge < -0.3 is 5.32 Å². The number of nitrogens with zero attached hydrogens (tertiary/aromatic N) is 4. The second-order valence-corrected chi connectivity index (χ2v) is 9.02. The van der Waals surface area contributed by atoms with Gasteiger partial charge in [0.2, 0.25) is 0 Å². The minimum atomic E-state index is -0.180. The summed E-state index contributed by atoms with van der Waals surface area (Å²) in [6.07, 6.45) is 3.65. The fraction of sp³-hybridized carbons (Fsp3) is 0.350. The summed E-state index contributed by atoms with van der Waals surface area (Å²) >= 11 is 3.46. The molecule has 8 heteroatoms. The highest BCUT2D eigenvalue weighted by molar-refractivity contribution is 7.99. The highest BCUT2D eigenvalue weighted by Crippen LogP contribution is 2.24. The van der Waals surface area contributed by atoms with Crippen molar-refractivity contribution in [1.82, 2.24) is 19.7 Å². The van der Waals surface area contributed by atoms with Gasteiger partial charge >= 0.3 is 0 Å². The van der Waals surface area contributed by atoms with Crippen molar-refractivity contribution in [3.63, 3.8) is 0 Å². The number of carbonyl (C=O) groups excluding carboxylic acids is 1. The summed E-state index contributed by atoms with van der Waals surface area (Å²) < 4.78 is 1.73. The fourth-order valence-corrected chi connectivity index (χ4v) is 4.90. The van der Waals surface area contributed by atoms with Crippen molar-refractivity contribution in [2.45, 2.75) is 13.5 Å². The lowest BCUT2D eigenvalue weighted by molar-refractivity contribution is 0.102. The molecule has 3 heterocycles. The number of thioether (sulfide) groups is 1. The lowest BCUT2D eigenvalue weighted by Crippen LogP contribution is -2.32. The molecule has 0 unspecified atom stereocenters. The van der Waals surface area contributed by atoms with Crippen molar-refractivity contribution >= 4 is 34.7 Å². The zero-order valence-corrected chi connectivity index (χ0v) is 17.6. The summed E-state index contributed by atoms with van der Waals surface area (Å²) in [5.41, 5.74) is 4.48. The predicted molar refractivity (Wildman–Crippen MR) is 116 cm³/mol. The van der Waals surface area contributed by atoms with Crippen LogP contribution in [0.3, 0.4) is 0 Å². The van der Waals surface area contributed by atoms with Crippen LogP contribution >= 0.6 is 23.1 Å².